The summed E-state index contributed by atoms with van der Waals surface area (Å²) in [6.45, 7) is 2.81. The number of hydrogen-bond acceptors (Lipinski definition) is 4. The van der Waals surface area contributed by atoms with Gasteiger partial charge in [-0.05, 0) is 32.0 Å². The van der Waals surface area contributed by atoms with E-state index in [1.54, 1.807) is 0 Å². The summed E-state index contributed by atoms with van der Waals surface area (Å²) in [7, 11) is 0. The summed E-state index contributed by atoms with van der Waals surface area (Å²) < 4.78 is 5.94. The first-order chi connectivity index (χ1) is 7.92. The molecular weight excluding hydrogens is 202 g/mol. The van der Waals surface area contributed by atoms with E-state index in [-0.39, 0.29) is 0 Å². The molecule has 16 heavy (non-hydrogen) atoms. The fourth-order valence-electron chi connectivity index (χ4n) is 2.14. The normalized spacial score (nSPS) is 19.8. The Labute approximate surface area is 94.7 Å². The molecule has 2 aliphatic heterocycles. The highest BCUT2D eigenvalue weighted by atomic mass is 16.5. The lowest BCUT2D eigenvalue weighted by Crippen LogP contribution is -2.34. The van der Waals surface area contributed by atoms with Crippen LogP contribution in [0.15, 0.2) is 28.4 Å². The van der Waals surface area contributed by atoms with Crippen molar-refractivity contribution in [2.24, 2.45) is 10.2 Å². The molecule has 0 amide bonds. The zero-order chi connectivity index (χ0) is 10.8. The lowest BCUT2D eigenvalue weighted by molar-refractivity contribution is 0.162. The molecule has 4 heteroatoms. The second-order valence-electron chi connectivity index (χ2n) is 4.26. The Morgan fingerprint density at radius 2 is 2.12 bits per heavy atom. The number of ether oxygens (including phenoxy) is 1. The number of hydrogen-bond donors (Lipinski definition) is 1. The molecule has 1 N–H and O–H groups in total. The van der Waals surface area contributed by atoms with Crippen molar-refractivity contribution in [1.29, 1.82) is 0 Å². The molecular formula is C12H15N3O. The average Bonchev–Trinajstić information content (AvgIpc) is 2.77. The highest BCUT2D eigenvalue weighted by Gasteiger charge is 2.15. The van der Waals surface area contributed by atoms with Gasteiger partial charge in [0.25, 0.3) is 0 Å². The van der Waals surface area contributed by atoms with Gasteiger partial charge in [-0.15, -0.1) is 0 Å². The van der Waals surface area contributed by atoms with E-state index in [4.69, 9.17) is 4.74 Å². The maximum Gasteiger partial charge on any atom is 0.121 e. The lowest BCUT2D eigenvalue weighted by Gasteiger charge is -2.23. The van der Waals surface area contributed by atoms with Gasteiger partial charge < -0.3 is 10.1 Å². The average molecular weight is 217 g/mol. The van der Waals surface area contributed by atoms with Crippen LogP contribution in [0.5, 0.6) is 5.75 Å². The number of piperidine rings is 1. The molecule has 0 spiro atoms. The first-order valence-corrected chi connectivity index (χ1v) is 5.79. The van der Waals surface area contributed by atoms with Crippen molar-refractivity contribution in [3.8, 4) is 5.75 Å². The van der Waals surface area contributed by atoms with Crippen LogP contribution in [0, 0.1) is 0 Å². The zero-order valence-corrected chi connectivity index (χ0v) is 9.15. The molecule has 84 valence electrons. The molecule has 2 aliphatic rings. The van der Waals surface area contributed by atoms with E-state index in [9.17, 15) is 0 Å². The minimum absolute atomic E-state index is 0.345. The number of fused-ring (bicyclic) bond motifs is 1. The number of rotatable bonds is 2. The van der Waals surface area contributed by atoms with E-state index in [0.717, 1.165) is 37.4 Å². The summed E-state index contributed by atoms with van der Waals surface area (Å²) in [5, 5.41) is 11.4. The number of benzene rings is 1. The molecule has 0 aliphatic carbocycles. The first kappa shape index (κ1) is 9.78. The second kappa shape index (κ2) is 4.22. The van der Waals surface area contributed by atoms with Gasteiger partial charge in [0.15, 0.2) is 0 Å². The molecule has 2 heterocycles. The van der Waals surface area contributed by atoms with Gasteiger partial charge in [0.2, 0.25) is 0 Å². The molecule has 0 bridgehead atoms. The molecule has 0 unspecified atom stereocenters. The first-order valence-electron chi connectivity index (χ1n) is 5.79. The van der Waals surface area contributed by atoms with Crippen molar-refractivity contribution >= 4 is 5.69 Å². The van der Waals surface area contributed by atoms with Crippen LogP contribution in [0.25, 0.3) is 0 Å². The smallest absolute Gasteiger partial charge is 0.121 e. The zero-order valence-electron chi connectivity index (χ0n) is 9.15. The van der Waals surface area contributed by atoms with Gasteiger partial charge >= 0.3 is 0 Å². The Morgan fingerprint density at radius 1 is 1.25 bits per heavy atom. The van der Waals surface area contributed by atoms with Crippen LogP contribution in [0.4, 0.5) is 5.69 Å². The van der Waals surface area contributed by atoms with Crippen LogP contribution in [0.2, 0.25) is 0 Å². The molecule has 1 saturated heterocycles. The molecule has 0 aromatic heterocycles. The standard InChI is InChI=1S/C12H15N3O/c1-2-11(7-12-9(1)8-14-15-12)16-10-3-5-13-6-4-10/h1-2,7,10,13H,3-6,8H2. The fourth-order valence-corrected chi connectivity index (χ4v) is 2.14. The highest BCUT2D eigenvalue weighted by molar-refractivity contribution is 5.51. The maximum atomic E-state index is 5.94. The predicted molar refractivity (Wildman–Crippen MR) is 61.2 cm³/mol. The molecule has 1 aromatic carbocycles. The molecule has 0 atom stereocenters. The lowest BCUT2D eigenvalue weighted by atomic mass is 10.1. The molecule has 4 nitrogen and oxygen atoms in total. The van der Waals surface area contributed by atoms with Gasteiger partial charge in [0, 0.05) is 11.6 Å². The largest absolute Gasteiger partial charge is 0.490 e. The summed E-state index contributed by atoms with van der Waals surface area (Å²) in [5.41, 5.74) is 2.16. The molecule has 0 saturated carbocycles. The molecule has 1 aromatic rings. The molecule has 3 rings (SSSR count). The monoisotopic (exact) mass is 217 g/mol. The Kier molecular flexibility index (Phi) is 2.58. The van der Waals surface area contributed by atoms with Gasteiger partial charge in [-0.2, -0.15) is 10.2 Å². The summed E-state index contributed by atoms with van der Waals surface area (Å²) >= 11 is 0. The van der Waals surface area contributed by atoms with Gasteiger partial charge in [0.1, 0.15) is 11.9 Å². The van der Waals surface area contributed by atoms with Crippen molar-refractivity contribution in [3.05, 3.63) is 23.8 Å². The molecule has 0 radical (unpaired) electrons. The van der Waals surface area contributed by atoms with E-state index in [1.807, 2.05) is 12.1 Å². The Morgan fingerprint density at radius 3 is 3.00 bits per heavy atom. The third-order valence-electron chi connectivity index (χ3n) is 3.07. The second-order valence-corrected chi connectivity index (χ2v) is 4.26. The predicted octanol–water partition coefficient (Wildman–Crippen LogP) is 2.41. The summed E-state index contributed by atoms with van der Waals surface area (Å²) in [5.74, 6) is 0.923. The number of azo groups is 1. The van der Waals surface area contributed by atoms with Gasteiger partial charge in [-0.3, -0.25) is 0 Å². The Bertz CT molecular complexity index is 411. The quantitative estimate of drug-likeness (QED) is 0.826. The fraction of sp³-hybridized carbons (Fsp3) is 0.500. The van der Waals surface area contributed by atoms with Gasteiger partial charge in [-0.25, -0.2) is 0 Å². The van der Waals surface area contributed by atoms with Gasteiger partial charge in [0.05, 0.1) is 12.2 Å². The van der Waals surface area contributed by atoms with Crippen LogP contribution in [0.3, 0.4) is 0 Å². The van der Waals surface area contributed by atoms with Crippen molar-refractivity contribution in [1.82, 2.24) is 5.32 Å². The maximum absolute atomic E-state index is 5.94. The van der Waals surface area contributed by atoms with E-state index in [0.29, 0.717) is 12.6 Å². The summed E-state index contributed by atoms with van der Waals surface area (Å²) in [4.78, 5) is 0. The Hall–Kier alpha value is -1.42. The topological polar surface area (TPSA) is 46.0 Å². The van der Waals surface area contributed by atoms with Crippen LogP contribution in [0.1, 0.15) is 18.4 Å². The van der Waals surface area contributed by atoms with E-state index in [2.05, 4.69) is 21.6 Å². The summed E-state index contributed by atoms with van der Waals surface area (Å²) in [6, 6.07) is 6.08. The van der Waals surface area contributed by atoms with E-state index >= 15 is 0 Å². The van der Waals surface area contributed by atoms with Crippen LogP contribution in [-0.4, -0.2) is 19.2 Å². The third kappa shape index (κ3) is 1.93. The number of nitrogens with one attached hydrogen (secondary N) is 1. The van der Waals surface area contributed by atoms with Crippen LogP contribution >= 0.6 is 0 Å². The third-order valence-corrected chi connectivity index (χ3v) is 3.07. The number of nitrogens with zero attached hydrogens (tertiary/aromatic N) is 2. The minimum Gasteiger partial charge on any atom is -0.490 e. The van der Waals surface area contributed by atoms with E-state index in [1.165, 1.54) is 5.56 Å². The Balaban J connectivity index is 1.72. The van der Waals surface area contributed by atoms with Crippen LogP contribution in [-0.2, 0) is 6.54 Å². The van der Waals surface area contributed by atoms with Crippen molar-refractivity contribution < 1.29 is 4.74 Å². The molecule has 1 fully saturated rings. The highest BCUT2D eigenvalue weighted by Crippen LogP contribution is 2.31. The van der Waals surface area contributed by atoms with Crippen molar-refractivity contribution in [2.45, 2.75) is 25.5 Å². The van der Waals surface area contributed by atoms with Crippen molar-refractivity contribution in [2.75, 3.05) is 13.1 Å². The SMILES string of the molecule is c1cc2c(cc1OC1CCNCC1)N=NC2. The van der Waals surface area contributed by atoms with E-state index < -0.39 is 0 Å². The minimum atomic E-state index is 0.345. The van der Waals surface area contributed by atoms with Crippen LogP contribution < -0.4 is 10.1 Å². The summed E-state index contributed by atoms with van der Waals surface area (Å²) in [6.07, 6.45) is 2.51. The van der Waals surface area contributed by atoms with Crippen molar-refractivity contribution in [3.63, 3.8) is 0 Å². The van der Waals surface area contributed by atoms with Gasteiger partial charge in [-0.1, -0.05) is 6.07 Å².